The van der Waals surface area contributed by atoms with E-state index < -0.39 is 0 Å². The molecule has 2 aromatic rings. The van der Waals surface area contributed by atoms with Crippen LogP contribution in [0, 0.1) is 0 Å². The molecule has 4 heteroatoms. The van der Waals surface area contributed by atoms with Gasteiger partial charge in [0.25, 0.3) is 5.91 Å². The van der Waals surface area contributed by atoms with E-state index in [9.17, 15) is 4.79 Å². The molecular formula is C17H19ClN2O. The van der Waals surface area contributed by atoms with Crippen molar-refractivity contribution in [3.63, 3.8) is 0 Å². The first kappa shape index (κ1) is 15.4. The van der Waals surface area contributed by atoms with Crippen molar-refractivity contribution in [2.24, 2.45) is 0 Å². The highest BCUT2D eigenvalue weighted by atomic mass is 35.5. The van der Waals surface area contributed by atoms with Crippen LogP contribution in [-0.2, 0) is 6.54 Å². The van der Waals surface area contributed by atoms with Gasteiger partial charge in [-0.05, 0) is 37.6 Å². The van der Waals surface area contributed by atoms with E-state index in [2.05, 4.69) is 0 Å². The average molecular weight is 303 g/mol. The summed E-state index contributed by atoms with van der Waals surface area (Å²) in [5, 5.41) is 0.424. The molecule has 21 heavy (non-hydrogen) atoms. The fourth-order valence-electron chi connectivity index (χ4n) is 2.13. The highest BCUT2D eigenvalue weighted by Gasteiger charge is 2.21. The number of benzene rings is 2. The zero-order valence-electron chi connectivity index (χ0n) is 12.2. The third-order valence-electron chi connectivity index (χ3n) is 3.30. The Kier molecular flexibility index (Phi) is 4.86. The maximum atomic E-state index is 12.7. The molecule has 0 aliphatic rings. The Morgan fingerprint density at radius 2 is 1.86 bits per heavy atom. The number of nitrogens with two attached hydrogens (primary N) is 1. The van der Waals surface area contributed by atoms with E-state index in [4.69, 9.17) is 17.3 Å². The van der Waals surface area contributed by atoms with Gasteiger partial charge in [-0.15, -0.1) is 0 Å². The second kappa shape index (κ2) is 6.64. The van der Waals surface area contributed by atoms with E-state index in [0.29, 0.717) is 22.8 Å². The van der Waals surface area contributed by atoms with Crippen molar-refractivity contribution in [1.82, 2.24) is 4.90 Å². The largest absolute Gasteiger partial charge is 0.399 e. The Morgan fingerprint density at radius 1 is 1.19 bits per heavy atom. The van der Waals surface area contributed by atoms with E-state index >= 15 is 0 Å². The van der Waals surface area contributed by atoms with Crippen LogP contribution >= 0.6 is 11.6 Å². The minimum absolute atomic E-state index is 0.0650. The van der Waals surface area contributed by atoms with Crippen LogP contribution in [0.5, 0.6) is 0 Å². The first-order valence-corrected chi connectivity index (χ1v) is 7.26. The minimum atomic E-state index is -0.105. The average Bonchev–Trinajstić information content (AvgIpc) is 2.47. The molecule has 0 spiro atoms. The van der Waals surface area contributed by atoms with E-state index in [0.717, 1.165) is 5.56 Å². The molecule has 0 radical (unpaired) electrons. The summed E-state index contributed by atoms with van der Waals surface area (Å²) in [7, 11) is 0. The molecular weight excluding hydrogens is 284 g/mol. The highest BCUT2D eigenvalue weighted by Crippen LogP contribution is 2.22. The summed E-state index contributed by atoms with van der Waals surface area (Å²) < 4.78 is 0. The zero-order valence-corrected chi connectivity index (χ0v) is 13.0. The van der Waals surface area contributed by atoms with Crippen molar-refractivity contribution in [1.29, 1.82) is 0 Å². The monoisotopic (exact) mass is 302 g/mol. The third kappa shape index (κ3) is 3.76. The maximum absolute atomic E-state index is 12.7. The van der Waals surface area contributed by atoms with E-state index in [1.54, 1.807) is 23.1 Å². The van der Waals surface area contributed by atoms with Crippen LogP contribution in [-0.4, -0.2) is 16.8 Å². The van der Waals surface area contributed by atoms with Crippen molar-refractivity contribution < 1.29 is 4.79 Å². The lowest BCUT2D eigenvalue weighted by Gasteiger charge is -2.27. The van der Waals surface area contributed by atoms with Gasteiger partial charge in [0.2, 0.25) is 0 Å². The molecule has 0 bridgehead atoms. The molecule has 0 saturated carbocycles. The van der Waals surface area contributed by atoms with Crippen LogP contribution < -0.4 is 5.73 Å². The van der Waals surface area contributed by atoms with Gasteiger partial charge in [0.05, 0.1) is 10.6 Å². The van der Waals surface area contributed by atoms with Gasteiger partial charge in [-0.2, -0.15) is 0 Å². The molecule has 110 valence electrons. The van der Waals surface area contributed by atoms with Crippen molar-refractivity contribution in [3.05, 3.63) is 64.7 Å². The molecule has 0 atom stereocenters. The number of halogens is 1. The van der Waals surface area contributed by atoms with Gasteiger partial charge in [0.1, 0.15) is 0 Å². The number of anilines is 1. The summed E-state index contributed by atoms with van der Waals surface area (Å²) in [6.45, 7) is 4.52. The molecule has 2 aromatic carbocycles. The summed E-state index contributed by atoms with van der Waals surface area (Å²) >= 11 is 6.14. The van der Waals surface area contributed by atoms with Crippen LogP contribution in [0.1, 0.15) is 29.8 Å². The van der Waals surface area contributed by atoms with Gasteiger partial charge >= 0.3 is 0 Å². The van der Waals surface area contributed by atoms with Crippen molar-refractivity contribution in [2.45, 2.75) is 26.4 Å². The number of nitrogen functional groups attached to an aromatic ring is 1. The van der Waals surface area contributed by atoms with Gasteiger partial charge in [0.15, 0.2) is 0 Å². The number of hydrogen-bond donors (Lipinski definition) is 1. The van der Waals surface area contributed by atoms with Gasteiger partial charge in [0, 0.05) is 18.3 Å². The predicted molar refractivity (Wildman–Crippen MR) is 87.3 cm³/mol. The number of amides is 1. The molecule has 0 heterocycles. The molecule has 0 saturated heterocycles. The van der Waals surface area contributed by atoms with Crippen LogP contribution in [0.15, 0.2) is 48.5 Å². The predicted octanol–water partition coefficient (Wildman–Crippen LogP) is 3.97. The molecule has 0 unspecified atom stereocenters. The summed E-state index contributed by atoms with van der Waals surface area (Å²) in [5.41, 5.74) is 7.83. The van der Waals surface area contributed by atoms with E-state index in [-0.39, 0.29) is 11.9 Å². The van der Waals surface area contributed by atoms with Crippen LogP contribution in [0.25, 0.3) is 0 Å². The lowest BCUT2D eigenvalue weighted by Crippen LogP contribution is -2.36. The summed E-state index contributed by atoms with van der Waals surface area (Å²) in [5.74, 6) is -0.105. The molecule has 2 N–H and O–H groups in total. The van der Waals surface area contributed by atoms with Crippen molar-refractivity contribution >= 4 is 23.2 Å². The lowest BCUT2D eigenvalue weighted by molar-refractivity contribution is 0.0690. The summed E-state index contributed by atoms with van der Waals surface area (Å²) in [4.78, 5) is 14.5. The smallest absolute Gasteiger partial charge is 0.255 e. The number of hydrogen-bond acceptors (Lipinski definition) is 2. The normalized spacial score (nSPS) is 10.7. The molecule has 1 amide bonds. The molecule has 0 fully saturated rings. The van der Waals surface area contributed by atoms with Gasteiger partial charge < -0.3 is 10.6 Å². The number of carbonyl (C=O) groups excluding carboxylic acids is 1. The molecule has 0 aromatic heterocycles. The van der Waals surface area contributed by atoms with Gasteiger partial charge in [-0.3, -0.25) is 4.79 Å². The standard InChI is InChI=1S/C17H19ClN2O/c1-12(2)20(11-13-6-4-3-5-7-13)17(21)15-10-14(19)8-9-16(15)18/h3-10,12H,11,19H2,1-2H3. The first-order chi connectivity index (χ1) is 9.99. The minimum Gasteiger partial charge on any atom is -0.399 e. The summed E-state index contributed by atoms with van der Waals surface area (Å²) in [6, 6.07) is 14.9. The second-order valence-corrected chi connectivity index (χ2v) is 5.66. The maximum Gasteiger partial charge on any atom is 0.255 e. The summed E-state index contributed by atoms with van der Waals surface area (Å²) in [6.07, 6.45) is 0. The SMILES string of the molecule is CC(C)N(Cc1ccccc1)C(=O)c1cc(N)ccc1Cl. The van der Waals surface area contributed by atoms with Crippen LogP contribution in [0.3, 0.4) is 0 Å². The Hall–Kier alpha value is -2.00. The first-order valence-electron chi connectivity index (χ1n) is 6.89. The van der Waals surface area contributed by atoms with Crippen molar-refractivity contribution in [2.75, 3.05) is 5.73 Å². The number of nitrogens with zero attached hydrogens (tertiary/aromatic N) is 1. The second-order valence-electron chi connectivity index (χ2n) is 5.25. The fraction of sp³-hybridized carbons (Fsp3) is 0.235. The van der Waals surface area contributed by atoms with Crippen molar-refractivity contribution in [3.8, 4) is 0 Å². The Balaban J connectivity index is 2.30. The molecule has 2 rings (SSSR count). The molecule has 3 nitrogen and oxygen atoms in total. The van der Waals surface area contributed by atoms with Gasteiger partial charge in [-0.25, -0.2) is 0 Å². The number of carbonyl (C=O) groups is 1. The topological polar surface area (TPSA) is 46.3 Å². The number of rotatable bonds is 4. The Morgan fingerprint density at radius 3 is 2.48 bits per heavy atom. The fourth-order valence-corrected chi connectivity index (χ4v) is 2.33. The molecule has 0 aliphatic carbocycles. The van der Waals surface area contributed by atoms with Gasteiger partial charge in [-0.1, -0.05) is 41.9 Å². The van der Waals surface area contributed by atoms with E-state index in [1.165, 1.54) is 0 Å². The Bertz CT molecular complexity index is 626. The quantitative estimate of drug-likeness (QED) is 0.869. The van der Waals surface area contributed by atoms with E-state index in [1.807, 2.05) is 44.2 Å². The Labute approximate surface area is 130 Å². The molecule has 0 aliphatic heterocycles. The highest BCUT2D eigenvalue weighted by molar-refractivity contribution is 6.34. The zero-order chi connectivity index (χ0) is 15.4. The van der Waals surface area contributed by atoms with Crippen LogP contribution in [0.4, 0.5) is 5.69 Å². The van der Waals surface area contributed by atoms with Crippen LogP contribution in [0.2, 0.25) is 5.02 Å². The third-order valence-corrected chi connectivity index (χ3v) is 3.63. The lowest BCUT2D eigenvalue weighted by atomic mass is 10.1.